The third kappa shape index (κ3) is 6.51. The Hall–Kier alpha value is -2.46. The Labute approximate surface area is 185 Å². The minimum atomic E-state index is -3.99. The molecule has 0 saturated carbocycles. The molecule has 12 heteroatoms. The number of benzene rings is 1. The standard InChI is InChI=1S/C19H25N3O7S2/c1-19(2)16(17(23)21-26)22(11-13-30-19)31(27,28)15-8-6-14(7-9-15)29-12-5-3-4-10-20-18(24)25/h6-9,16,20,26H,4,10-13H2,1-2H3,(H,21,23)(H,24,25). The lowest BCUT2D eigenvalue weighted by atomic mass is 10.0. The highest BCUT2D eigenvalue weighted by molar-refractivity contribution is 8.00. The number of ether oxygens (including phenoxy) is 1. The Morgan fingerprint density at radius 1 is 1.29 bits per heavy atom. The molecule has 10 nitrogen and oxygen atoms in total. The van der Waals surface area contributed by atoms with Gasteiger partial charge in [0.15, 0.2) is 0 Å². The molecule has 170 valence electrons. The van der Waals surface area contributed by atoms with E-state index in [1.54, 1.807) is 19.3 Å². The van der Waals surface area contributed by atoms with E-state index in [1.807, 2.05) is 0 Å². The molecule has 1 unspecified atom stereocenters. The molecule has 0 aromatic heterocycles. The number of hydrogen-bond acceptors (Lipinski definition) is 7. The maximum atomic E-state index is 13.2. The van der Waals surface area contributed by atoms with E-state index < -0.39 is 32.8 Å². The largest absolute Gasteiger partial charge is 0.481 e. The number of hydrogen-bond donors (Lipinski definition) is 4. The molecular weight excluding hydrogens is 446 g/mol. The van der Waals surface area contributed by atoms with Crippen molar-refractivity contribution in [2.24, 2.45) is 0 Å². The molecule has 2 amide bonds. The lowest BCUT2D eigenvalue weighted by Crippen LogP contribution is -2.61. The lowest BCUT2D eigenvalue weighted by molar-refractivity contribution is -0.134. The molecule has 1 fully saturated rings. The predicted octanol–water partition coefficient (Wildman–Crippen LogP) is 1.12. The summed E-state index contributed by atoms with van der Waals surface area (Å²) in [6.07, 6.45) is -0.761. The fourth-order valence-electron chi connectivity index (χ4n) is 3.05. The van der Waals surface area contributed by atoms with E-state index in [0.29, 0.717) is 17.9 Å². The Bertz CT molecular complexity index is 953. The summed E-state index contributed by atoms with van der Waals surface area (Å²) in [6, 6.07) is 4.69. The number of rotatable bonds is 7. The fourth-order valence-corrected chi connectivity index (χ4v) is 6.16. The number of carbonyl (C=O) groups excluding carboxylic acids is 1. The smallest absolute Gasteiger partial charge is 0.404 e. The summed E-state index contributed by atoms with van der Waals surface area (Å²) in [7, 11) is -3.99. The Morgan fingerprint density at radius 2 is 1.97 bits per heavy atom. The summed E-state index contributed by atoms with van der Waals surface area (Å²) in [5, 5.41) is 19.7. The predicted molar refractivity (Wildman–Crippen MR) is 115 cm³/mol. The second kappa shape index (κ2) is 10.7. The molecule has 0 bridgehead atoms. The van der Waals surface area contributed by atoms with Gasteiger partial charge in [0.05, 0.1) is 4.90 Å². The zero-order chi connectivity index (χ0) is 23.1. The van der Waals surface area contributed by atoms with Crippen LogP contribution >= 0.6 is 11.8 Å². The highest BCUT2D eigenvalue weighted by Gasteiger charge is 2.48. The van der Waals surface area contributed by atoms with Crippen LogP contribution in [0, 0.1) is 11.8 Å². The van der Waals surface area contributed by atoms with Crippen LogP contribution in [-0.2, 0) is 14.8 Å². The van der Waals surface area contributed by atoms with Crippen molar-refractivity contribution in [1.29, 1.82) is 0 Å². The number of hydroxylamine groups is 1. The van der Waals surface area contributed by atoms with E-state index in [1.165, 1.54) is 36.0 Å². The van der Waals surface area contributed by atoms with Crippen LogP contribution < -0.4 is 15.5 Å². The maximum absolute atomic E-state index is 13.2. The van der Waals surface area contributed by atoms with E-state index in [9.17, 15) is 18.0 Å². The van der Waals surface area contributed by atoms with Crippen molar-refractivity contribution in [2.45, 2.75) is 36.0 Å². The van der Waals surface area contributed by atoms with Crippen molar-refractivity contribution >= 4 is 33.8 Å². The van der Waals surface area contributed by atoms with Gasteiger partial charge >= 0.3 is 6.09 Å². The van der Waals surface area contributed by atoms with Gasteiger partial charge in [0.25, 0.3) is 5.91 Å². The third-order valence-corrected chi connectivity index (χ3v) is 7.72. The summed E-state index contributed by atoms with van der Waals surface area (Å²) >= 11 is 1.46. The second-order valence-corrected chi connectivity index (χ2v) is 10.7. The molecule has 0 radical (unpaired) electrons. The molecule has 1 aliphatic heterocycles. The van der Waals surface area contributed by atoms with Crippen LogP contribution in [0.4, 0.5) is 4.79 Å². The van der Waals surface area contributed by atoms with Crippen molar-refractivity contribution < 1.29 is 33.1 Å². The first-order valence-corrected chi connectivity index (χ1v) is 11.8. The van der Waals surface area contributed by atoms with Gasteiger partial charge in [0, 0.05) is 30.0 Å². The molecule has 4 N–H and O–H groups in total. The van der Waals surface area contributed by atoms with Gasteiger partial charge in [0.2, 0.25) is 10.0 Å². The topological polar surface area (TPSA) is 145 Å². The first-order chi connectivity index (χ1) is 14.6. The molecular formula is C19H25N3O7S2. The molecule has 1 aromatic rings. The molecule has 2 rings (SSSR count). The van der Waals surface area contributed by atoms with Gasteiger partial charge in [-0.05, 0) is 38.1 Å². The normalized spacial score (nSPS) is 18.4. The van der Waals surface area contributed by atoms with Crippen molar-refractivity contribution in [3.63, 3.8) is 0 Å². The Kier molecular flexibility index (Phi) is 8.58. The van der Waals surface area contributed by atoms with Crippen LogP contribution in [0.25, 0.3) is 0 Å². The van der Waals surface area contributed by atoms with Crippen LogP contribution in [0.1, 0.15) is 20.3 Å². The lowest BCUT2D eigenvalue weighted by Gasteiger charge is -2.43. The highest BCUT2D eigenvalue weighted by atomic mass is 32.2. The minimum Gasteiger partial charge on any atom is -0.481 e. The van der Waals surface area contributed by atoms with Gasteiger partial charge in [-0.25, -0.2) is 18.7 Å². The SMILES string of the molecule is CC1(C)SCCN(S(=O)(=O)c2ccc(OCC#CCCNC(=O)O)cc2)C1C(=O)NO. The van der Waals surface area contributed by atoms with Crippen molar-refractivity contribution in [1.82, 2.24) is 15.1 Å². The average Bonchev–Trinajstić information content (AvgIpc) is 2.71. The summed E-state index contributed by atoms with van der Waals surface area (Å²) in [6.45, 7) is 3.94. The van der Waals surface area contributed by atoms with Gasteiger partial charge in [-0.1, -0.05) is 11.8 Å². The Balaban J connectivity index is 2.06. The fraction of sp³-hybridized carbons (Fsp3) is 0.474. The molecule has 0 aliphatic carbocycles. The zero-order valence-electron chi connectivity index (χ0n) is 17.1. The maximum Gasteiger partial charge on any atom is 0.404 e. The van der Waals surface area contributed by atoms with Crippen molar-refractivity contribution in [2.75, 3.05) is 25.4 Å². The van der Waals surface area contributed by atoms with E-state index >= 15 is 0 Å². The number of carboxylic acid groups (broad SMARTS) is 1. The number of amides is 2. The number of nitrogens with zero attached hydrogens (tertiary/aromatic N) is 1. The number of carbonyl (C=O) groups is 2. The first kappa shape index (κ1) is 24.8. The van der Waals surface area contributed by atoms with Crippen molar-refractivity contribution in [3.05, 3.63) is 24.3 Å². The molecule has 1 aliphatic rings. The van der Waals surface area contributed by atoms with Gasteiger partial charge in [-0.15, -0.1) is 0 Å². The molecule has 31 heavy (non-hydrogen) atoms. The molecule has 0 spiro atoms. The van der Waals surface area contributed by atoms with Gasteiger partial charge in [-0.3, -0.25) is 10.0 Å². The summed E-state index contributed by atoms with van der Waals surface area (Å²) in [4.78, 5) is 22.5. The van der Waals surface area contributed by atoms with Crippen LogP contribution in [-0.4, -0.2) is 71.3 Å². The van der Waals surface area contributed by atoms with Crippen LogP contribution in [0.2, 0.25) is 0 Å². The summed E-state index contributed by atoms with van der Waals surface area (Å²) < 4.78 is 32.2. The van der Waals surface area contributed by atoms with Crippen LogP contribution in [0.5, 0.6) is 5.75 Å². The van der Waals surface area contributed by atoms with Crippen LogP contribution in [0.3, 0.4) is 0 Å². The summed E-state index contributed by atoms with van der Waals surface area (Å²) in [5.74, 6) is 5.64. The third-order valence-electron chi connectivity index (χ3n) is 4.48. The number of sulfonamides is 1. The van der Waals surface area contributed by atoms with E-state index in [-0.39, 0.29) is 24.6 Å². The molecule has 1 atom stereocenters. The highest BCUT2D eigenvalue weighted by Crippen LogP contribution is 2.38. The number of nitrogens with one attached hydrogen (secondary N) is 2. The molecule has 1 saturated heterocycles. The second-order valence-electron chi connectivity index (χ2n) is 7.04. The Morgan fingerprint density at radius 3 is 2.58 bits per heavy atom. The van der Waals surface area contributed by atoms with E-state index in [0.717, 1.165) is 4.31 Å². The first-order valence-electron chi connectivity index (χ1n) is 9.34. The van der Waals surface area contributed by atoms with E-state index in [2.05, 4.69) is 17.2 Å². The van der Waals surface area contributed by atoms with Gasteiger partial charge < -0.3 is 15.2 Å². The monoisotopic (exact) mass is 471 g/mol. The summed E-state index contributed by atoms with van der Waals surface area (Å²) in [5.41, 5.74) is 1.58. The minimum absolute atomic E-state index is 0.00381. The molecule has 1 aromatic carbocycles. The quantitative estimate of drug-likeness (QED) is 0.200. The van der Waals surface area contributed by atoms with Gasteiger partial charge in [-0.2, -0.15) is 16.1 Å². The van der Waals surface area contributed by atoms with Gasteiger partial charge in [0.1, 0.15) is 18.4 Å². The van der Waals surface area contributed by atoms with Crippen molar-refractivity contribution in [3.8, 4) is 17.6 Å². The molecule has 1 heterocycles. The van der Waals surface area contributed by atoms with E-state index in [4.69, 9.17) is 15.1 Å². The van der Waals surface area contributed by atoms with Crippen LogP contribution in [0.15, 0.2) is 29.2 Å². The average molecular weight is 472 g/mol. The number of thioether (sulfide) groups is 1. The zero-order valence-corrected chi connectivity index (χ0v) is 18.8.